The van der Waals surface area contributed by atoms with Crippen molar-refractivity contribution in [1.29, 1.82) is 0 Å². The van der Waals surface area contributed by atoms with Crippen molar-refractivity contribution in [1.82, 2.24) is 4.98 Å². The van der Waals surface area contributed by atoms with Crippen LogP contribution < -0.4 is 4.90 Å². The van der Waals surface area contributed by atoms with Gasteiger partial charge in [-0.3, -0.25) is 0 Å². The smallest absolute Gasteiger partial charge is 0.338 e. The summed E-state index contributed by atoms with van der Waals surface area (Å²) >= 11 is 0. The monoisotopic (exact) mass is 268 g/mol. The number of nitrogens with zero attached hydrogens (tertiary/aromatic N) is 2. The Bertz CT molecular complexity index is 465. The van der Waals surface area contributed by atoms with Gasteiger partial charge in [-0.05, 0) is 31.7 Å². The maximum Gasteiger partial charge on any atom is 0.338 e. The highest BCUT2D eigenvalue weighted by atomic mass is 19.1. The summed E-state index contributed by atoms with van der Waals surface area (Å²) in [5.74, 6) is -2.00. The fourth-order valence-corrected chi connectivity index (χ4v) is 2.53. The molecule has 1 atom stereocenters. The molecule has 1 aliphatic heterocycles. The lowest BCUT2D eigenvalue weighted by Gasteiger charge is -2.36. The van der Waals surface area contributed by atoms with Crippen molar-refractivity contribution in [3.63, 3.8) is 0 Å². The summed E-state index contributed by atoms with van der Waals surface area (Å²) < 4.78 is 14.2. The van der Waals surface area contributed by atoms with Crippen LogP contribution in [-0.2, 0) is 0 Å². The Morgan fingerprint density at radius 2 is 2.32 bits per heavy atom. The molecule has 1 saturated heterocycles. The first-order valence-corrected chi connectivity index (χ1v) is 6.40. The highest BCUT2D eigenvalue weighted by Crippen LogP contribution is 2.28. The zero-order chi connectivity index (χ0) is 13.8. The van der Waals surface area contributed by atoms with E-state index in [4.69, 9.17) is 10.2 Å². The quantitative estimate of drug-likeness (QED) is 0.868. The molecule has 5 nitrogen and oxygen atoms in total. The third-order valence-electron chi connectivity index (χ3n) is 3.46. The Morgan fingerprint density at radius 3 is 3.00 bits per heavy atom. The number of carbonyl (C=O) groups is 1. The summed E-state index contributed by atoms with van der Waals surface area (Å²) in [6.45, 7) is 0.666. The van der Waals surface area contributed by atoms with E-state index >= 15 is 0 Å². The minimum absolute atomic E-state index is 0.0183. The lowest BCUT2D eigenvalue weighted by atomic mass is 9.99. The molecule has 0 aliphatic carbocycles. The van der Waals surface area contributed by atoms with E-state index in [0.717, 1.165) is 25.3 Å². The van der Waals surface area contributed by atoms with Crippen molar-refractivity contribution in [2.45, 2.75) is 31.7 Å². The Balaban J connectivity index is 2.33. The van der Waals surface area contributed by atoms with Gasteiger partial charge in [0.25, 0.3) is 0 Å². The number of carboxylic acid groups (broad SMARTS) is 1. The number of pyridine rings is 1. The molecule has 0 bridgehead atoms. The van der Waals surface area contributed by atoms with E-state index in [2.05, 4.69) is 4.98 Å². The second-order valence-corrected chi connectivity index (χ2v) is 4.66. The summed E-state index contributed by atoms with van der Waals surface area (Å²) in [5.41, 5.74) is -0.363. The molecule has 0 aromatic carbocycles. The third-order valence-corrected chi connectivity index (χ3v) is 3.46. The van der Waals surface area contributed by atoms with Gasteiger partial charge in [0.2, 0.25) is 0 Å². The van der Waals surface area contributed by atoms with E-state index in [1.165, 1.54) is 6.20 Å². The van der Waals surface area contributed by atoms with E-state index in [-0.39, 0.29) is 24.0 Å². The number of anilines is 1. The molecule has 0 saturated carbocycles. The van der Waals surface area contributed by atoms with Crippen LogP contribution in [0.1, 0.15) is 36.0 Å². The van der Waals surface area contributed by atoms with Crippen LogP contribution in [0, 0.1) is 5.82 Å². The lowest BCUT2D eigenvalue weighted by Crippen LogP contribution is -2.41. The second kappa shape index (κ2) is 5.97. The van der Waals surface area contributed by atoms with Crippen molar-refractivity contribution in [3.8, 4) is 0 Å². The molecule has 2 heterocycles. The number of carboxylic acids is 1. The highest BCUT2D eigenvalue weighted by molar-refractivity contribution is 5.88. The summed E-state index contributed by atoms with van der Waals surface area (Å²) in [6.07, 6.45) is 4.66. The van der Waals surface area contributed by atoms with Gasteiger partial charge in [0.05, 0.1) is 0 Å². The number of piperidine rings is 1. The van der Waals surface area contributed by atoms with E-state index in [1.54, 1.807) is 4.90 Å². The molecule has 2 N–H and O–H groups in total. The van der Waals surface area contributed by atoms with Crippen LogP contribution in [-0.4, -0.2) is 40.4 Å². The van der Waals surface area contributed by atoms with Crippen molar-refractivity contribution in [2.24, 2.45) is 0 Å². The fraction of sp³-hybridized carbons (Fsp3) is 0.538. The molecule has 1 aliphatic rings. The molecule has 0 radical (unpaired) electrons. The van der Waals surface area contributed by atoms with Crippen LogP contribution in [0.4, 0.5) is 10.2 Å². The lowest BCUT2D eigenvalue weighted by molar-refractivity contribution is 0.0691. The van der Waals surface area contributed by atoms with Crippen LogP contribution in [0.5, 0.6) is 0 Å². The highest BCUT2D eigenvalue weighted by Gasteiger charge is 2.27. The summed E-state index contributed by atoms with van der Waals surface area (Å²) in [4.78, 5) is 16.7. The van der Waals surface area contributed by atoms with Gasteiger partial charge >= 0.3 is 5.97 Å². The molecule has 1 fully saturated rings. The van der Waals surface area contributed by atoms with E-state index in [1.807, 2.05) is 0 Å². The minimum atomic E-state index is -1.29. The molecule has 19 heavy (non-hydrogen) atoms. The van der Waals surface area contributed by atoms with Crippen LogP contribution in [0.3, 0.4) is 0 Å². The largest absolute Gasteiger partial charge is 0.478 e. The van der Waals surface area contributed by atoms with Gasteiger partial charge in [-0.1, -0.05) is 0 Å². The molecule has 0 spiro atoms. The predicted molar refractivity (Wildman–Crippen MR) is 67.8 cm³/mol. The molecule has 0 amide bonds. The van der Waals surface area contributed by atoms with Gasteiger partial charge in [0.15, 0.2) is 11.6 Å². The average molecular weight is 268 g/mol. The topological polar surface area (TPSA) is 73.7 Å². The Morgan fingerprint density at radius 1 is 1.53 bits per heavy atom. The fourth-order valence-electron chi connectivity index (χ4n) is 2.53. The molecule has 1 unspecified atom stereocenters. The Hall–Kier alpha value is -1.69. The van der Waals surface area contributed by atoms with Crippen molar-refractivity contribution in [2.75, 3.05) is 18.1 Å². The number of aliphatic hydroxyl groups excluding tert-OH is 1. The van der Waals surface area contributed by atoms with Crippen molar-refractivity contribution in [3.05, 3.63) is 23.6 Å². The number of aliphatic hydroxyl groups is 1. The summed E-state index contributed by atoms with van der Waals surface area (Å²) in [7, 11) is 0. The number of aromatic carboxylic acids is 1. The zero-order valence-electron chi connectivity index (χ0n) is 10.5. The third kappa shape index (κ3) is 2.84. The van der Waals surface area contributed by atoms with E-state index < -0.39 is 11.8 Å². The maximum absolute atomic E-state index is 14.2. The zero-order valence-corrected chi connectivity index (χ0v) is 10.5. The number of hydrogen-bond donors (Lipinski definition) is 2. The molecular weight excluding hydrogens is 251 g/mol. The van der Waals surface area contributed by atoms with Gasteiger partial charge in [-0.2, -0.15) is 0 Å². The molecule has 1 aromatic heterocycles. The van der Waals surface area contributed by atoms with Gasteiger partial charge in [0, 0.05) is 25.4 Å². The first-order valence-electron chi connectivity index (χ1n) is 6.40. The SMILES string of the molecule is O=C(O)c1ccnc(N2CCCCC2CCO)c1F. The van der Waals surface area contributed by atoms with Crippen LogP contribution in [0.2, 0.25) is 0 Å². The van der Waals surface area contributed by atoms with Gasteiger partial charge in [-0.15, -0.1) is 0 Å². The maximum atomic E-state index is 14.2. The number of hydrogen-bond acceptors (Lipinski definition) is 4. The van der Waals surface area contributed by atoms with Crippen LogP contribution >= 0.6 is 0 Å². The predicted octanol–water partition coefficient (Wildman–Crippen LogP) is 1.66. The standard InChI is InChI=1S/C13H17FN2O3/c14-11-10(13(18)19)4-6-15-12(11)16-7-2-1-3-9(16)5-8-17/h4,6,9,17H,1-3,5,7-8H2,(H,18,19). The Labute approximate surface area is 110 Å². The summed E-state index contributed by atoms with van der Waals surface area (Å²) in [6, 6.07) is 1.18. The van der Waals surface area contributed by atoms with Crippen LogP contribution in [0.15, 0.2) is 12.3 Å². The number of halogens is 1. The summed E-state index contributed by atoms with van der Waals surface area (Å²) in [5, 5.41) is 18.0. The normalized spacial score (nSPS) is 19.5. The molecule has 2 rings (SSSR count). The average Bonchev–Trinajstić information content (AvgIpc) is 2.40. The van der Waals surface area contributed by atoms with Gasteiger partial charge < -0.3 is 15.1 Å². The van der Waals surface area contributed by atoms with Gasteiger partial charge in [0.1, 0.15) is 5.56 Å². The second-order valence-electron chi connectivity index (χ2n) is 4.66. The molecular formula is C13H17FN2O3. The first-order chi connectivity index (χ1) is 9.15. The molecule has 1 aromatic rings. The molecule has 6 heteroatoms. The number of rotatable bonds is 4. The molecule has 104 valence electrons. The van der Waals surface area contributed by atoms with E-state index in [0.29, 0.717) is 13.0 Å². The van der Waals surface area contributed by atoms with Crippen LogP contribution in [0.25, 0.3) is 0 Å². The first kappa shape index (κ1) is 13.7. The number of aromatic nitrogens is 1. The van der Waals surface area contributed by atoms with Gasteiger partial charge in [-0.25, -0.2) is 14.2 Å². The van der Waals surface area contributed by atoms with E-state index in [9.17, 15) is 9.18 Å². The van der Waals surface area contributed by atoms with Crippen molar-refractivity contribution >= 4 is 11.8 Å². The van der Waals surface area contributed by atoms with Crippen molar-refractivity contribution < 1.29 is 19.4 Å². The Kier molecular flexibility index (Phi) is 4.31. The minimum Gasteiger partial charge on any atom is -0.478 e.